The molecule has 7 heteroatoms. The number of anilines is 1. The molecule has 2 saturated heterocycles. The Kier molecular flexibility index (Phi) is 4.24. The summed E-state index contributed by atoms with van der Waals surface area (Å²) in [6.07, 6.45) is 4.96. The molecule has 1 aromatic carbocycles. The molecule has 2 atom stereocenters. The van der Waals surface area contributed by atoms with Gasteiger partial charge in [0.1, 0.15) is 10.9 Å². The number of carbonyl (C=O) groups excluding carboxylic acids is 1. The van der Waals surface area contributed by atoms with Gasteiger partial charge in [0.2, 0.25) is 15.9 Å². The second-order valence-electron chi connectivity index (χ2n) is 7.29. The third kappa shape index (κ3) is 2.73. The van der Waals surface area contributed by atoms with Crippen molar-refractivity contribution in [2.75, 3.05) is 31.6 Å². The van der Waals surface area contributed by atoms with E-state index in [9.17, 15) is 13.2 Å². The highest BCUT2D eigenvalue weighted by molar-refractivity contribution is 7.89. The molecule has 0 N–H and O–H groups in total. The molecule has 136 valence electrons. The van der Waals surface area contributed by atoms with E-state index < -0.39 is 10.0 Å². The van der Waals surface area contributed by atoms with E-state index in [0.29, 0.717) is 17.1 Å². The Labute approximate surface area is 149 Å². The number of fused-ring (bicyclic) bond motifs is 3. The average Bonchev–Trinajstić information content (AvgIpc) is 3.01. The van der Waals surface area contributed by atoms with Crippen molar-refractivity contribution in [1.82, 2.24) is 9.21 Å². The van der Waals surface area contributed by atoms with Crippen LogP contribution in [0.4, 0.5) is 5.69 Å². The normalized spacial score (nSPS) is 29.0. The van der Waals surface area contributed by atoms with Crippen molar-refractivity contribution in [3.63, 3.8) is 0 Å². The van der Waals surface area contributed by atoms with Crippen molar-refractivity contribution in [3.05, 3.63) is 24.3 Å². The van der Waals surface area contributed by atoms with E-state index in [0.717, 1.165) is 38.8 Å². The number of para-hydroxylation sites is 1. The van der Waals surface area contributed by atoms with Gasteiger partial charge in [0.25, 0.3) is 0 Å². The minimum Gasteiger partial charge on any atom is -0.354 e. The number of carbonyl (C=O) groups is 1. The average molecular weight is 363 g/mol. The zero-order valence-electron chi connectivity index (χ0n) is 14.6. The second kappa shape index (κ2) is 6.29. The van der Waals surface area contributed by atoms with E-state index in [4.69, 9.17) is 0 Å². The molecule has 1 amide bonds. The zero-order valence-corrected chi connectivity index (χ0v) is 15.4. The minimum absolute atomic E-state index is 0.0576. The lowest BCUT2D eigenvalue weighted by Gasteiger charge is -2.35. The Hall–Kier alpha value is -1.60. The van der Waals surface area contributed by atoms with Gasteiger partial charge in [-0.05, 0) is 44.2 Å². The van der Waals surface area contributed by atoms with Gasteiger partial charge >= 0.3 is 0 Å². The number of hydrogen-bond acceptors (Lipinski definition) is 4. The van der Waals surface area contributed by atoms with Crippen LogP contribution in [0.15, 0.2) is 29.2 Å². The minimum atomic E-state index is -3.51. The predicted molar refractivity (Wildman–Crippen MR) is 96.0 cm³/mol. The lowest BCUT2D eigenvalue weighted by atomic mass is 10.1. The van der Waals surface area contributed by atoms with E-state index in [1.54, 1.807) is 19.2 Å². The number of piperidine rings is 1. The highest BCUT2D eigenvalue weighted by Gasteiger charge is 2.45. The molecular formula is C18H25N3O3S. The van der Waals surface area contributed by atoms with E-state index >= 15 is 0 Å². The molecular weight excluding hydrogens is 338 g/mol. The van der Waals surface area contributed by atoms with Crippen LogP contribution in [0, 0.1) is 0 Å². The van der Waals surface area contributed by atoms with Gasteiger partial charge in [-0.1, -0.05) is 12.1 Å². The first kappa shape index (κ1) is 16.8. The first-order valence-electron chi connectivity index (χ1n) is 9.12. The maximum atomic E-state index is 13.1. The fourth-order valence-corrected chi connectivity index (χ4v) is 5.84. The van der Waals surface area contributed by atoms with Gasteiger partial charge in [-0.2, -0.15) is 4.31 Å². The largest absolute Gasteiger partial charge is 0.354 e. The van der Waals surface area contributed by atoms with Crippen molar-refractivity contribution < 1.29 is 13.2 Å². The molecule has 4 rings (SSSR count). The summed E-state index contributed by atoms with van der Waals surface area (Å²) in [5.74, 6) is 0.166. The molecule has 0 unspecified atom stereocenters. The maximum Gasteiger partial charge on any atom is 0.245 e. The van der Waals surface area contributed by atoms with E-state index in [-0.39, 0.29) is 18.0 Å². The summed E-state index contributed by atoms with van der Waals surface area (Å²) < 4.78 is 27.1. The number of likely N-dealkylation sites (tertiary alicyclic amines) is 1. The molecule has 0 aliphatic carbocycles. The third-order valence-corrected chi connectivity index (χ3v) is 7.63. The number of likely N-dealkylation sites (N-methyl/N-ethyl adjacent to an activating group) is 1. The van der Waals surface area contributed by atoms with Crippen LogP contribution in [0.5, 0.6) is 0 Å². The molecule has 0 spiro atoms. The second-order valence-corrected chi connectivity index (χ2v) is 9.31. The molecule has 1 aromatic rings. The lowest BCUT2D eigenvalue weighted by Crippen LogP contribution is -2.50. The van der Waals surface area contributed by atoms with Crippen LogP contribution >= 0.6 is 0 Å². The number of rotatable bonds is 1. The van der Waals surface area contributed by atoms with Gasteiger partial charge in [-0.15, -0.1) is 0 Å². The maximum absolute atomic E-state index is 13.1. The number of nitrogens with zero attached hydrogens (tertiary/aromatic N) is 3. The van der Waals surface area contributed by atoms with Crippen molar-refractivity contribution in [3.8, 4) is 0 Å². The Morgan fingerprint density at radius 3 is 2.56 bits per heavy atom. The Balaban J connectivity index is 1.74. The van der Waals surface area contributed by atoms with Crippen molar-refractivity contribution in [2.24, 2.45) is 0 Å². The summed E-state index contributed by atoms with van der Waals surface area (Å²) in [5, 5.41) is 0. The molecule has 2 fully saturated rings. The first-order valence-corrected chi connectivity index (χ1v) is 10.6. The molecule has 0 radical (unpaired) electrons. The summed E-state index contributed by atoms with van der Waals surface area (Å²) in [6, 6.07) is 6.93. The Bertz CT molecular complexity index is 774. The highest BCUT2D eigenvalue weighted by Crippen LogP contribution is 2.39. The van der Waals surface area contributed by atoms with Crippen LogP contribution < -0.4 is 4.90 Å². The molecule has 3 aliphatic rings. The van der Waals surface area contributed by atoms with Crippen molar-refractivity contribution >= 4 is 21.6 Å². The van der Waals surface area contributed by atoms with Gasteiger partial charge in [-0.3, -0.25) is 4.79 Å². The number of hydrogen-bond donors (Lipinski definition) is 0. The third-order valence-electron chi connectivity index (χ3n) is 5.75. The Morgan fingerprint density at radius 1 is 1.08 bits per heavy atom. The van der Waals surface area contributed by atoms with Crippen LogP contribution in [0.1, 0.15) is 32.1 Å². The SMILES string of the molecule is CN1C[C@H]2CC[C@@H](C(=O)N3CCCCC3)N2c2ccccc2S1(=O)=O. The van der Waals surface area contributed by atoms with Crippen LogP contribution in [0.3, 0.4) is 0 Å². The number of benzene rings is 1. The van der Waals surface area contributed by atoms with Gasteiger partial charge < -0.3 is 9.80 Å². The van der Waals surface area contributed by atoms with Crippen LogP contribution in [0.25, 0.3) is 0 Å². The van der Waals surface area contributed by atoms with Crippen LogP contribution in [0.2, 0.25) is 0 Å². The molecule has 6 nitrogen and oxygen atoms in total. The predicted octanol–water partition coefficient (Wildman–Crippen LogP) is 1.67. The van der Waals surface area contributed by atoms with Gasteiger partial charge in [0.05, 0.1) is 5.69 Å². The molecule has 3 aliphatic heterocycles. The first-order chi connectivity index (χ1) is 12.0. The summed E-state index contributed by atoms with van der Waals surface area (Å²) in [4.78, 5) is 17.5. The topological polar surface area (TPSA) is 60.9 Å². The highest BCUT2D eigenvalue weighted by atomic mass is 32.2. The quantitative estimate of drug-likeness (QED) is 0.762. The molecule has 0 bridgehead atoms. The molecule has 0 saturated carbocycles. The number of amides is 1. The lowest BCUT2D eigenvalue weighted by molar-refractivity contribution is -0.133. The van der Waals surface area contributed by atoms with Crippen molar-refractivity contribution in [1.29, 1.82) is 0 Å². The summed E-state index contributed by atoms with van der Waals surface area (Å²) in [7, 11) is -1.87. The molecule has 0 aromatic heterocycles. The van der Waals surface area contributed by atoms with E-state index in [1.165, 1.54) is 10.7 Å². The standard InChI is InChI=1S/C18H25N3O3S/c1-19-13-14-9-10-16(18(22)20-11-5-2-6-12-20)21(14)15-7-3-4-8-17(15)25(19,23)24/h3-4,7-8,14,16H,2,5-6,9-13H2,1H3/t14-,16+/m1/s1. The fraction of sp³-hybridized carbons (Fsp3) is 0.611. The van der Waals surface area contributed by atoms with E-state index in [1.807, 2.05) is 17.0 Å². The van der Waals surface area contributed by atoms with Crippen LogP contribution in [-0.4, -0.2) is 62.3 Å². The smallest absolute Gasteiger partial charge is 0.245 e. The molecule has 25 heavy (non-hydrogen) atoms. The van der Waals surface area contributed by atoms with Gasteiger partial charge in [-0.25, -0.2) is 8.42 Å². The van der Waals surface area contributed by atoms with Gasteiger partial charge in [0.15, 0.2) is 0 Å². The summed E-state index contributed by atoms with van der Waals surface area (Å²) in [6.45, 7) is 2.09. The fourth-order valence-electron chi connectivity index (χ4n) is 4.45. The Morgan fingerprint density at radius 2 is 1.80 bits per heavy atom. The molecule has 3 heterocycles. The van der Waals surface area contributed by atoms with Crippen molar-refractivity contribution in [2.45, 2.75) is 49.1 Å². The van der Waals surface area contributed by atoms with Crippen LogP contribution in [-0.2, 0) is 14.8 Å². The van der Waals surface area contributed by atoms with Gasteiger partial charge in [0, 0.05) is 32.7 Å². The monoisotopic (exact) mass is 363 g/mol. The summed E-state index contributed by atoms with van der Waals surface area (Å²) in [5.41, 5.74) is 0.685. The zero-order chi connectivity index (χ0) is 17.6. The summed E-state index contributed by atoms with van der Waals surface area (Å²) >= 11 is 0. The number of sulfonamides is 1. The van der Waals surface area contributed by atoms with E-state index in [2.05, 4.69) is 4.90 Å².